The van der Waals surface area contributed by atoms with Crippen LogP contribution in [0.5, 0.6) is 5.88 Å². The van der Waals surface area contributed by atoms with Gasteiger partial charge in [-0.2, -0.15) is 0 Å². The number of amides is 1. The van der Waals surface area contributed by atoms with Gasteiger partial charge in [-0.05, 0) is 11.2 Å². The summed E-state index contributed by atoms with van der Waals surface area (Å²) in [4.78, 5) is 27.9. The number of halogens is 1. The first-order chi connectivity index (χ1) is 9.20. The highest BCUT2D eigenvalue weighted by Crippen LogP contribution is 2.27. The van der Waals surface area contributed by atoms with Gasteiger partial charge in [0.05, 0.1) is 18.2 Å². The third kappa shape index (κ3) is 3.62. The molecule has 0 unspecified atom stereocenters. The summed E-state index contributed by atoms with van der Waals surface area (Å²) >= 11 is 5.67. The predicted octanol–water partition coefficient (Wildman–Crippen LogP) is 1.37. The largest absolute Gasteiger partial charge is 0.466 e. The Bertz CT molecular complexity index is 477. The number of hydrogen-bond acceptors (Lipinski definition) is 6. The van der Waals surface area contributed by atoms with Crippen molar-refractivity contribution in [3.63, 3.8) is 0 Å². The average Bonchev–Trinajstić information content (AvgIpc) is 2.46. The van der Waals surface area contributed by atoms with E-state index in [1.807, 2.05) is 0 Å². The highest BCUT2D eigenvalue weighted by atomic mass is 35.5. The summed E-state index contributed by atoms with van der Waals surface area (Å²) in [6.45, 7) is 1.92. The highest BCUT2D eigenvalue weighted by molar-refractivity contribution is 6.30. The van der Waals surface area contributed by atoms with Gasteiger partial charge < -0.3 is 14.4 Å². The molecule has 1 amide bonds. The minimum Gasteiger partial charge on any atom is -0.466 e. The van der Waals surface area contributed by atoms with Crippen LogP contribution in [-0.2, 0) is 9.53 Å². The number of nitroso groups, excluding NO2 is 1. The quantitative estimate of drug-likeness (QED) is 0.781. The Morgan fingerprint density at radius 1 is 1.53 bits per heavy atom. The van der Waals surface area contributed by atoms with Crippen molar-refractivity contribution in [3.05, 3.63) is 22.2 Å². The van der Waals surface area contributed by atoms with Crippen LogP contribution in [-0.4, -0.2) is 48.7 Å². The van der Waals surface area contributed by atoms with Gasteiger partial charge in [-0.15, -0.1) is 4.91 Å². The second kappa shape index (κ2) is 6.44. The van der Waals surface area contributed by atoms with Crippen LogP contribution in [0.25, 0.3) is 0 Å². The molecular weight excluding hydrogens is 274 g/mol. The molecule has 2 rings (SSSR count). The number of pyridine rings is 1. The number of carbonyl (C=O) groups is 1. The van der Waals surface area contributed by atoms with Gasteiger partial charge in [-0.25, -0.2) is 4.98 Å². The van der Waals surface area contributed by atoms with Crippen molar-refractivity contribution in [2.75, 3.05) is 32.9 Å². The molecule has 0 N–H and O–H groups in total. The molecule has 2 heterocycles. The van der Waals surface area contributed by atoms with Crippen LogP contribution in [0.15, 0.2) is 17.4 Å². The molecule has 8 heteroatoms. The third-order valence-electron chi connectivity index (χ3n) is 2.59. The van der Waals surface area contributed by atoms with E-state index in [9.17, 15) is 9.70 Å². The molecule has 0 atom stereocenters. The van der Waals surface area contributed by atoms with Crippen LogP contribution in [0.2, 0.25) is 5.02 Å². The summed E-state index contributed by atoms with van der Waals surface area (Å²) in [6.07, 6.45) is 1.32. The highest BCUT2D eigenvalue weighted by Gasteiger charge is 2.18. The van der Waals surface area contributed by atoms with Crippen LogP contribution in [0.1, 0.15) is 0 Å². The van der Waals surface area contributed by atoms with Gasteiger partial charge in [0, 0.05) is 19.3 Å². The molecule has 1 aromatic heterocycles. The fourth-order valence-corrected chi connectivity index (χ4v) is 1.78. The molecule has 0 spiro atoms. The number of aromatic nitrogens is 1. The van der Waals surface area contributed by atoms with E-state index in [4.69, 9.17) is 21.1 Å². The van der Waals surface area contributed by atoms with E-state index in [0.29, 0.717) is 26.3 Å². The fourth-order valence-electron chi connectivity index (χ4n) is 1.63. The van der Waals surface area contributed by atoms with Gasteiger partial charge in [-0.1, -0.05) is 11.6 Å². The zero-order chi connectivity index (χ0) is 13.7. The van der Waals surface area contributed by atoms with Crippen LogP contribution in [0, 0.1) is 4.91 Å². The van der Waals surface area contributed by atoms with Crippen LogP contribution in [0.4, 0.5) is 5.69 Å². The molecule has 0 aliphatic carbocycles. The second-order valence-electron chi connectivity index (χ2n) is 3.85. The summed E-state index contributed by atoms with van der Waals surface area (Å²) in [5.74, 6) is -0.182. The zero-order valence-corrected chi connectivity index (χ0v) is 10.8. The first-order valence-corrected chi connectivity index (χ1v) is 6.05. The summed E-state index contributed by atoms with van der Waals surface area (Å²) in [5.41, 5.74) is -0.0257. The van der Waals surface area contributed by atoms with Crippen molar-refractivity contribution < 1.29 is 14.3 Å². The Hall–Kier alpha value is -1.73. The smallest absolute Gasteiger partial charge is 0.260 e. The van der Waals surface area contributed by atoms with Crippen LogP contribution >= 0.6 is 11.6 Å². The third-order valence-corrected chi connectivity index (χ3v) is 2.80. The van der Waals surface area contributed by atoms with Crippen LogP contribution in [0.3, 0.4) is 0 Å². The van der Waals surface area contributed by atoms with Crippen molar-refractivity contribution in [2.45, 2.75) is 0 Å². The first-order valence-electron chi connectivity index (χ1n) is 5.68. The molecule has 0 radical (unpaired) electrons. The number of ether oxygens (including phenoxy) is 2. The van der Waals surface area contributed by atoms with Gasteiger partial charge >= 0.3 is 0 Å². The minimum absolute atomic E-state index is 0.000935. The molecule has 1 aromatic rings. The summed E-state index contributed by atoms with van der Waals surface area (Å²) < 4.78 is 10.3. The lowest BCUT2D eigenvalue weighted by molar-refractivity contribution is -0.137. The van der Waals surface area contributed by atoms with Crippen molar-refractivity contribution >= 4 is 23.2 Å². The van der Waals surface area contributed by atoms with E-state index >= 15 is 0 Å². The molecule has 1 aliphatic rings. The standard InChI is InChI=1S/C11H12ClN3O4/c12-8-5-9(14-17)11(13-6-8)19-7-10(16)15-1-3-18-4-2-15/h5-6H,1-4,7H2. The SMILES string of the molecule is O=Nc1cc(Cl)cnc1OCC(=O)N1CCOCC1. The van der Waals surface area contributed by atoms with E-state index in [2.05, 4.69) is 10.2 Å². The maximum atomic E-state index is 11.8. The van der Waals surface area contributed by atoms with Gasteiger partial charge in [0.2, 0.25) is 5.88 Å². The predicted molar refractivity (Wildman–Crippen MR) is 67.6 cm³/mol. The molecule has 102 valence electrons. The lowest BCUT2D eigenvalue weighted by Gasteiger charge is -2.26. The second-order valence-corrected chi connectivity index (χ2v) is 4.29. The number of hydrogen-bond donors (Lipinski definition) is 0. The number of rotatable bonds is 4. The van der Waals surface area contributed by atoms with Gasteiger partial charge in [0.1, 0.15) is 0 Å². The van der Waals surface area contributed by atoms with E-state index in [0.717, 1.165) is 0 Å². The molecule has 0 aromatic carbocycles. The number of nitrogens with zero attached hydrogens (tertiary/aromatic N) is 3. The average molecular weight is 286 g/mol. The molecule has 7 nitrogen and oxygen atoms in total. The van der Waals surface area contributed by atoms with Gasteiger partial charge in [0.25, 0.3) is 5.91 Å². The molecule has 0 saturated carbocycles. The summed E-state index contributed by atoms with van der Waals surface area (Å²) in [5, 5.41) is 3.03. The first kappa shape index (κ1) is 13.7. The van der Waals surface area contributed by atoms with E-state index in [1.165, 1.54) is 12.3 Å². The maximum Gasteiger partial charge on any atom is 0.260 e. The molecule has 1 saturated heterocycles. The summed E-state index contributed by atoms with van der Waals surface area (Å²) in [7, 11) is 0. The Balaban J connectivity index is 1.94. The lowest BCUT2D eigenvalue weighted by Crippen LogP contribution is -2.43. The molecule has 1 fully saturated rings. The van der Waals surface area contributed by atoms with Crippen molar-refractivity contribution in [3.8, 4) is 5.88 Å². The van der Waals surface area contributed by atoms with Crippen LogP contribution < -0.4 is 4.74 Å². The van der Waals surface area contributed by atoms with Crippen molar-refractivity contribution in [2.24, 2.45) is 5.18 Å². The normalized spacial score (nSPS) is 15.1. The monoisotopic (exact) mass is 285 g/mol. The molecule has 0 bridgehead atoms. The minimum atomic E-state index is -0.197. The maximum absolute atomic E-state index is 11.8. The Kier molecular flexibility index (Phi) is 4.64. The molecular formula is C11H12ClN3O4. The van der Waals surface area contributed by atoms with E-state index in [1.54, 1.807) is 4.90 Å². The Morgan fingerprint density at radius 3 is 2.95 bits per heavy atom. The van der Waals surface area contributed by atoms with Crippen molar-refractivity contribution in [1.82, 2.24) is 9.88 Å². The van der Waals surface area contributed by atoms with Gasteiger partial charge in [-0.3, -0.25) is 4.79 Å². The number of morpholine rings is 1. The Labute approximate surface area is 114 Å². The number of carbonyl (C=O) groups excluding carboxylic acids is 1. The van der Waals surface area contributed by atoms with Gasteiger partial charge in [0.15, 0.2) is 12.3 Å². The van der Waals surface area contributed by atoms with E-state index in [-0.39, 0.29) is 29.1 Å². The molecule has 1 aliphatic heterocycles. The molecule has 19 heavy (non-hydrogen) atoms. The van der Waals surface area contributed by atoms with Crippen molar-refractivity contribution in [1.29, 1.82) is 0 Å². The fraction of sp³-hybridized carbons (Fsp3) is 0.455. The summed E-state index contributed by atoms with van der Waals surface area (Å²) in [6, 6.07) is 1.33. The topological polar surface area (TPSA) is 81.1 Å². The Morgan fingerprint density at radius 2 is 2.26 bits per heavy atom. The lowest BCUT2D eigenvalue weighted by atomic mass is 10.4. The van der Waals surface area contributed by atoms with E-state index < -0.39 is 0 Å². The zero-order valence-electron chi connectivity index (χ0n) is 10.0.